The van der Waals surface area contributed by atoms with E-state index in [4.69, 9.17) is 0 Å². The van der Waals surface area contributed by atoms with Crippen molar-refractivity contribution in [3.63, 3.8) is 0 Å². The second-order valence-electron chi connectivity index (χ2n) is 9.22. The van der Waals surface area contributed by atoms with Gasteiger partial charge in [-0.25, -0.2) is 4.79 Å². The average Bonchev–Trinajstić information content (AvgIpc) is 3.24. The second kappa shape index (κ2) is 12.1. The molecule has 35 heavy (non-hydrogen) atoms. The molecule has 3 atom stereocenters. The number of hydrogen-bond donors (Lipinski definition) is 5. The van der Waals surface area contributed by atoms with Gasteiger partial charge in [-0.1, -0.05) is 62.4 Å². The summed E-state index contributed by atoms with van der Waals surface area (Å²) in [4.78, 5) is 41.1. The van der Waals surface area contributed by atoms with E-state index in [1.807, 2.05) is 74.6 Å². The summed E-state index contributed by atoms with van der Waals surface area (Å²) < 4.78 is 0. The molecule has 0 aliphatic carbocycles. The normalized spacial score (nSPS) is 13.7. The molecule has 186 valence electrons. The van der Waals surface area contributed by atoms with Crippen molar-refractivity contribution in [3.8, 4) is 0 Å². The first-order valence-electron chi connectivity index (χ1n) is 11.9. The SMILES string of the molecule is CNC(=O)[C@H](Cc1c[nH]c2ccccc12)NC(=O)C(CC(C)C)[C@@H](Cc1ccccc1)NC(=O)O. The third-order valence-corrected chi connectivity index (χ3v) is 6.13. The van der Waals surface area contributed by atoms with Crippen LogP contribution in [-0.2, 0) is 22.4 Å². The Hall–Kier alpha value is -3.81. The average molecular weight is 479 g/mol. The highest BCUT2D eigenvalue weighted by atomic mass is 16.4. The predicted octanol–water partition coefficient (Wildman–Crippen LogP) is 3.48. The largest absolute Gasteiger partial charge is 0.465 e. The number of nitrogens with one attached hydrogen (secondary N) is 4. The molecule has 3 rings (SSSR count). The minimum atomic E-state index is -1.19. The van der Waals surface area contributed by atoms with Crippen molar-refractivity contribution < 1.29 is 19.5 Å². The molecule has 1 aromatic heterocycles. The van der Waals surface area contributed by atoms with Crippen LogP contribution in [0.15, 0.2) is 60.8 Å². The van der Waals surface area contributed by atoms with E-state index in [1.54, 1.807) is 0 Å². The Morgan fingerprint density at radius 3 is 2.26 bits per heavy atom. The third-order valence-electron chi connectivity index (χ3n) is 6.13. The lowest BCUT2D eigenvalue weighted by atomic mass is 9.85. The minimum Gasteiger partial charge on any atom is -0.465 e. The molecule has 8 heteroatoms. The van der Waals surface area contributed by atoms with Gasteiger partial charge in [0.15, 0.2) is 0 Å². The van der Waals surface area contributed by atoms with Crippen LogP contribution in [0.1, 0.15) is 31.4 Å². The number of H-pyrrole nitrogens is 1. The highest BCUT2D eigenvalue weighted by molar-refractivity contribution is 5.90. The molecule has 3 aromatic rings. The van der Waals surface area contributed by atoms with E-state index < -0.39 is 24.1 Å². The molecule has 0 radical (unpaired) electrons. The van der Waals surface area contributed by atoms with Gasteiger partial charge in [0.05, 0.1) is 5.92 Å². The third kappa shape index (κ3) is 7.09. The zero-order valence-electron chi connectivity index (χ0n) is 20.4. The molecule has 0 saturated carbocycles. The summed E-state index contributed by atoms with van der Waals surface area (Å²) >= 11 is 0. The topological polar surface area (TPSA) is 123 Å². The second-order valence-corrected chi connectivity index (χ2v) is 9.22. The molecule has 0 bridgehead atoms. The maximum absolute atomic E-state index is 13.6. The van der Waals surface area contributed by atoms with Crippen molar-refractivity contribution in [2.75, 3.05) is 7.05 Å². The van der Waals surface area contributed by atoms with Crippen LogP contribution in [0.2, 0.25) is 0 Å². The minimum absolute atomic E-state index is 0.145. The van der Waals surface area contributed by atoms with Gasteiger partial charge in [0, 0.05) is 36.6 Å². The van der Waals surface area contributed by atoms with Gasteiger partial charge in [-0.15, -0.1) is 0 Å². The Balaban J connectivity index is 1.86. The van der Waals surface area contributed by atoms with Gasteiger partial charge in [0.1, 0.15) is 6.04 Å². The van der Waals surface area contributed by atoms with Gasteiger partial charge in [0.25, 0.3) is 0 Å². The number of likely N-dealkylation sites (N-methyl/N-ethyl adjacent to an activating group) is 1. The summed E-state index contributed by atoms with van der Waals surface area (Å²) in [5.41, 5.74) is 2.80. The van der Waals surface area contributed by atoms with E-state index >= 15 is 0 Å². The molecule has 0 fully saturated rings. The van der Waals surface area contributed by atoms with Crippen LogP contribution < -0.4 is 16.0 Å². The summed E-state index contributed by atoms with van der Waals surface area (Å²) in [5, 5.41) is 18.6. The molecule has 0 aliphatic heterocycles. The van der Waals surface area contributed by atoms with E-state index in [0.717, 1.165) is 22.0 Å². The number of carboxylic acid groups (broad SMARTS) is 1. The number of amides is 3. The number of rotatable bonds is 11. The molecule has 0 spiro atoms. The van der Waals surface area contributed by atoms with Crippen LogP contribution in [0, 0.1) is 11.8 Å². The molecular weight excluding hydrogens is 444 g/mol. The molecule has 1 unspecified atom stereocenters. The Bertz CT molecular complexity index is 1140. The maximum atomic E-state index is 13.6. The number of benzene rings is 2. The first-order valence-corrected chi connectivity index (χ1v) is 11.9. The summed E-state index contributed by atoms with van der Waals surface area (Å²) in [6, 6.07) is 15.8. The van der Waals surface area contributed by atoms with E-state index in [-0.39, 0.29) is 17.7 Å². The van der Waals surface area contributed by atoms with Crippen LogP contribution in [0.3, 0.4) is 0 Å². The van der Waals surface area contributed by atoms with Gasteiger partial charge in [-0.05, 0) is 36.0 Å². The van der Waals surface area contributed by atoms with E-state index in [0.29, 0.717) is 19.3 Å². The lowest BCUT2D eigenvalue weighted by molar-refractivity contribution is -0.131. The number of para-hydroxylation sites is 1. The van der Waals surface area contributed by atoms with Crippen molar-refractivity contribution in [2.24, 2.45) is 11.8 Å². The number of fused-ring (bicyclic) bond motifs is 1. The monoisotopic (exact) mass is 478 g/mol. The van der Waals surface area contributed by atoms with Crippen molar-refractivity contribution in [1.29, 1.82) is 0 Å². The number of aromatic nitrogens is 1. The summed E-state index contributed by atoms with van der Waals surface area (Å²) in [5.74, 6) is -1.16. The maximum Gasteiger partial charge on any atom is 0.404 e. The van der Waals surface area contributed by atoms with Gasteiger partial charge < -0.3 is 26.0 Å². The van der Waals surface area contributed by atoms with Crippen LogP contribution in [0.5, 0.6) is 0 Å². The quantitative estimate of drug-likeness (QED) is 0.289. The molecular formula is C27H34N4O4. The molecule has 0 aliphatic rings. The molecule has 1 heterocycles. The van der Waals surface area contributed by atoms with Crippen molar-refractivity contribution in [3.05, 3.63) is 71.9 Å². The zero-order valence-corrected chi connectivity index (χ0v) is 20.4. The van der Waals surface area contributed by atoms with Crippen molar-refractivity contribution in [2.45, 2.75) is 45.2 Å². The molecule has 2 aromatic carbocycles. The van der Waals surface area contributed by atoms with Crippen LogP contribution in [0.4, 0.5) is 4.79 Å². The number of carbonyl (C=O) groups is 3. The Labute approximate surface area is 205 Å². The molecule has 5 N–H and O–H groups in total. The van der Waals surface area contributed by atoms with Crippen LogP contribution in [0.25, 0.3) is 10.9 Å². The highest BCUT2D eigenvalue weighted by Crippen LogP contribution is 2.22. The molecule has 0 saturated heterocycles. The van der Waals surface area contributed by atoms with Gasteiger partial charge in [-0.3, -0.25) is 9.59 Å². The summed E-state index contributed by atoms with van der Waals surface area (Å²) in [6.07, 6.45) is 1.80. The first-order chi connectivity index (χ1) is 16.8. The van der Waals surface area contributed by atoms with Gasteiger partial charge in [0.2, 0.25) is 11.8 Å². The summed E-state index contributed by atoms with van der Waals surface area (Å²) in [7, 11) is 1.53. The lowest BCUT2D eigenvalue weighted by Gasteiger charge is -2.29. The predicted molar refractivity (Wildman–Crippen MR) is 136 cm³/mol. The standard InChI is InChI=1S/C27H34N4O4/c1-17(2)13-21(23(31-27(34)35)14-18-9-5-4-6-10-18)25(32)30-24(26(33)28-3)15-19-16-29-22-12-8-7-11-20(19)22/h4-12,16-17,21,23-24,29,31H,13-15H2,1-3H3,(H,28,33)(H,30,32)(H,34,35)/t21?,23-,24+/m1/s1. The fraction of sp³-hybridized carbons (Fsp3) is 0.370. The fourth-order valence-corrected chi connectivity index (χ4v) is 4.47. The van der Waals surface area contributed by atoms with Crippen LogP contribution in [-0.4, -0.2) is 47.1 Å². The Morgan fingerprint density at radius 2 is 1.60 bits per heavy atom. The molecule has 8 nitrogen and oxygen atoms in total. The Kier molecular flexibility index (Phi) is 8.89. The number of carbonyl (C=O) groups excluding carboxylic acids is 2. The van der Waals surface area contributed by atoms with Crippen molar-refractivity contribution >= 4 is 28.8 Å². The smallest absolute Gasteiger partial charge is 0.404 e. The van der Waals surface area contributed by atoms with Gasteiger partial charge in [-0.2, -0.15) is 0 Å². The van der Waals surface area contributed by atoms with E-state index in [2.05, 4.69) is 20.9 Å². The fourth-order valence-electron chi connectivity index (χ4n) is 4.47. The number of aromatic amines is 1. The van der Waals surface area contributed by atoms with Crippen molar-refractivity contribution in [1.82, 2.24) is 20.9 Å². The Morgan fingerprint density at radius 1 is 0.914 bits per heavy atom. The summed E-state index contributed by atoms with van der Waals surface area (Å²) in [6.45, 7) is 3.98. The zero-order chi connectivity index (χ0) is 25.4. The van der Waals surface area contributed by atoms with Gasteiger partial charge >= 0.3 is 6.09 Å². The van der Waals surface area contributed by atoms with E-state index in [1.165, 1.54) is 7.05 Å². The highest BCUT2D eigenvalue weighted by Gasteiger charge is 2.33. The first kappa shape index (κ1) is 25.8. The van der Waals surface area contributed by atoms with E-state index in [9.17, 15) is 19.5 Å². The molecule has 3 amide bonds. The number of hydrogen-bond acceptors (Lipinski definition) is 3. The van der Waals surface area contributed by atoms with Crippen LogP contribution >= 0.6 is 0 Å². The lowest BCUT2D eigenvalue weighted by Crippen LogP contribution is -2.53.